The van der Waals surface area contributed by atoms with Gasteiger partial charge in [-0.05, 0) is 53.2 Å². The van der Waals surface area contributed by atoms with Crippen molar-refractivity contribution in [1.29, 1.82) is 0 Å². The Morgan fingerprint density at radius 3 is 2.29 bits per heavy atom. The number of hydrogen-bond acceptors (Lipinski definition) is 1. The molecule has 112 valence electrons. The Morgan fingerprint density at radius 2 is 1.67 bits per heavy atom. The maximum Gasteiger partial charge on any atom is 0.137 e. The molecule has 0 aromatic heterocycles. The molecule has 0 bridgehead atoms. The molecule has 0 spiro atoms. The molecular weight excluding hydrogens is 343 g/mol. The first-order chi connectivity index (χ1) is 9.93. The second-order valence-electron chi connectivity index (χ2n) is 4.80. The summed E-state index contributed by atoms with van der Waals surface area (Å²) in [7, 11) is 0. The van der Waals surface area contributed by atoms with Crippen molar-refractivity contribution in [3.63, 3.8) is 0 Å². The molecule has 1 N–H and O–H groups in total. The summed E-state index contributed by atoms with van der Waals surface area (Å²) in [5.74, 6) is -1.61. The average Bonchev–Trinajstić information content (AvgIpc) is 2.41. The Bertz CT molecular complexity index is 658. The van der Waals surface area contributed by atoms with Gasteiger partial charge in [-0.1, -0.05) is 19.1 Å². The van der Waals surface area contributed by atoms with E-state index >= 15 is 0 Å². The summed E-state index contributed by atoms with van der Waals surface area (Å²) in [5, 5.41) is 3.00. The molecule has 0 heterocycles. The van der Waals surface area contributed by atoms with Gasteiger partial charge in [0.1, 0.15) is 17.5 Å². The van der Waals surface area contributed by atoms with Crippen LogP contribution >= 0.6 is 15.9 Å². The predicted octanol–water partition coefficient (Wildman–Crippen LogP) is 4.87. The van der Waals surface area contributed by atoms with Crippen molar-refractivity contribution in [2.24, 2.45) is 0 Å². The van der Waals surface area contributed by atoms with Gasteiger partial charge < -0.3 is 5.32 Å². The summed E-state index contributed by atoms with van der Waals surface area (Å²) in [6.45, 7) is 4.09. The van der Waals surface area contributed by atoms with Gasteiger partial charge in [0.05, 0.1) is 10.5 Å². The highest BCUT2D eigenvalue weighted by Crippen LogP contribution is 2.30. The molecule has 0 fully saturated rings. The van der Waals surface area contributed by atoms with Crippen molar-refractivity contribution >= 4 is 15.9 Å². The van der Waals surface area contributed by atoms with E-state index in [0.717, 1.165) is 17.7 Å². The smallest absolute Gasteiger partial charge is 0.137 e. The van der Waals surface area contributed by atoms with Gasteiger partial charge in [0.15, 0.2) is 0 Å². The third kappa shape index (κ3) is 3.47. The van der Waals surface area contributed by atoms with Crippen molar-refractivity contribution in [3.8, 4) is 0 Å². The largest absolute Gasteiger partial charge is 0.306 e. The first kappa shape index (κ1) is 16.0. The maximum atomic E-state index is 14.2. The summed E-state index contributed by atoms with van der Waals surface area (Å²) >= 11 is 2.94. The zero-order chi connectivity index (χ0) is 15.6. The highest BCUT2D eigenvalue weighted by molar-refractivity contribution is 9.10. The molecule has 0 amide bonds. The van der Waals surface area contributed by atoms with Crippen LogP contribution in [0, 0.1) is 24.4 Å². The molecule has 0 aliphatic carbocycles. The van der Waals surface area contributed by atoms with Crippen molar-refractivity contribution < 1.29 is 13.2 Å². The maximum absolute atomic E-state index is 14.2. The highest BCUT2D eigenvalue weighted by atomic mass is 79.9. The third-order valence-electron chi connectivity index (χ3n) is 3.23. The third-order valence-corrected chi connectivity index (χ3v) is 3.83. The summed E-state index contributed by atoms with van der Waals surface area (Å²) in [4.78, 5) is 0. The van der Waals surface area contributed by atoms with Crippen LogP contribution < -0.4 is 5.32 Å². The quantitative estimate of drug-likeness (QED) is 0.769. The number of hydrogen-bond donors (Lipinski definition) is 1. The summed E-state index contributed by atoms with van der Waals surface area (Å²) < 4.78 is 42.0. The highest BCUT2D eigenvalue weighted by Gasteiger charge is 2.22. The molecule has 5 heteroatoms. The fourth-order valence-electron chi connectivity index (χ4n) is 2.22. The van der Waals surface area contributed by atoms with E-state index in [-0.39, 0.29) is 10.0 Å². The van der Waals surface area contributed by atoms with Gasteiger partial charge in [0.2, 0.25) is 0 Å². The Labute approximate surface area is 130 Å². The van der Waals surface area contributed by atoms with E-state index in [9.17, 15) is 13.2 Å². The van der Waals surface area contributed by atoms with E-state index in [1.807, 2.05) is 6.92 Å². The van der Waals surface area contributed by atoms with Gasteiger partial charge in [-0.2, -0.15) is 0 Å². The Morgan fingerprint density at radius 1 is 1.00 bits per heavy atom. The number of rotatable bonds is 4. The minimum atomic E-state index is -0.738. The van der Waals surface area contributed by atoms with Crippen LogP contribution in [0.25, 0.3) is 0 Å². The van der Waals surface area contributed by atoms with Gasteiger partial charge in [0.25, 0.3) is 0 Å². The molecule has 2 rings (SSSR count). The lowest BCUT2D eigenvalue weighted by Crippen LogP contribution is -2.24. The number of aryl methyl sites for hydroxylation is 1. The van der Waals surface area contributed by atoms with Crippen LogP contribution in [0.2, 0.25) is 0 Å². The molecule has 2 aromatic carbocycles. The van der Waals surface area contributed by atoms with Crippen LogP contribution in [-0.4, -0.2) is 6.54 Å². The van der Waals surface area contributed by atoms with E-state index < -0.39 is 23.5 Å². The Hall–Kier alpha value is -1.33. The van der Waals surface area contributed by atoms with Crippen LogP contribution in [0.15, 0.2) is 34.8 Å². The molecule has 1 unspecified atom stereocenters. The Balaban J connectivity index is 2.55. The molecule has 1 nitrogen and oxygen atoms in total. The zero-order valence-corrected chi connectivity index (χ0v) is 13.3. The van der Waals surface area contributed by atoms with Crippen LogP contribution in [0.4, 0.5) is 13.2 Å². The fourth-order valence-corrected chi connectivity index (χ4v) is 2.53. The first-order valence-electron chi connectivity index (χ1n) is 6.58. The lowest BCUT2D eigenvalue weighted by Gasteiger charge is -2.21. The van der Waals surface area contributed by atoms with E-state index in [4.69, 9.17) is 0 Å². The lowest BCUT2D eigenvalue weighted by atomic mass is 9.96. The molecule has 1 atom stereocenters. The van der Waals surface area contributed by atoms with Crippen molar-refractivity contribution in [1.82, 2.24) is 5.32 Å². The van der Waals surface area contributed by atoms with Crippen LogP contribution in [0.1, 0.15) is 29.7 Å². The van der Waals surface area contributed by atoms with Gasteiger partial charge in [-0.25, -0.2) is 13.2 Å². The summed E-state index contributed by atoms with van der Waals surface area (Å²) in [6.07, 6.45) is 0. The molecule has 21 heavy (non-hydrogen) atoms. The molecule has 0 saturated heterocycles. The van der Waals surface area contributed by atoms with E-state index in [2.05, 4.69) is 21.2 Å². The van der Waals surface area contributed by atoms with Gasteiger partial charge >= 0.3 is 0 Å². The second-order valence-corrected chi connectivity index (χ2v) is 5.66. The van der Waals surface area contributed by atoms with E-state index in [1.165, 1.54) is 6.07 Å². The van der Waals surface area contributed by atoms with Crippen LogP contribution in [0.5, 0.6) is 0 Å². The molecule has 0 aliphatic rings. The monoisotopic (exact) mass is 357 g/mol. The topological polar surface area (TPSA) is 12.0 Å². The van der Waals surface area contributed by atoms with Crippen LogP contribution in [0.3, 0.4) is 0 Å². The number of benzene rings is 2. The minimum absolute atomic E-state index is 0.0448. The van der Waals surface area contributed by atoms with E-state index in [0.29, 0.717) is 12.1 Å². The average molecular weight is 358 g/mol. The SMILES string of the molecule is CCNC(c1ccc(C)cc1F)c1cc(F)c(Br)cc1F. The van der Waals surface area contributed by atoms with Crippen molar-refractivity contribution in [2.75, 3.05) is 6.54 Å². The predicted molar refractivity (Wildman–Crippen MR) is 80.7 cm³/mol. The van der Waals surface area contributed by atoms with Gasteiger partial charge in [0, 0.05) is 11.1 Å². The van der Waals surface area contributed by atoms with Crippen molar-refractivity contribution in [2.45, 2.75) is 19.9 Å². The molecule has 0 radical (unpaired) electrons. The van der Waals surface area contributed by atoms with Crippen molar-refractivity contribution in [3.05, 3.63) is 68.9 Å². The second kappa shape index (κ2) is 6.62. The first-order valence-corrected chi connectivity index (χ1v) is 7.37. The summed E-state index contributed by atoms with van der Waals surface area (Å²) in [6, 6.07) is 6.13. The fraction of sp³-hybridized carbons (Fsp3) is 0.250. The normalized spacial score (nSPS) is 12.5. The molecule has 2 aromatic rings. The van der Waals surface area contributed by atoms with E-state index in [1.54, 1.807) is 19.1 Å². The van der Waals surface area contributed by atoms with Gasteiger partial charge in [-0.3, -0.25) is 0 Å². The van der Waals surface area contributed by atoms with Gasteiger partial charge in [-0.15, -0.1) is 0 Å². The molecule has 0 saturated carbocycles. The number of nitrogens with one attached hydrogen (secondary N) is 1. The number of halogens is 4. The zero-order valence-electron chi connectivity index (χ0n) is 11.7. The lowest BCUT2D eigenvalue weighted by molar-refractivity contribution is 0.521. The standard InChI is InChI=1S/C16H15BrF3N/c1-3-21-16(10-5-4-9(2)6-13(10)18)11-7-15(20)12(17)8-14(11)19/h4-8,16,21H,3H2,1-2H3. The molecule has 0 aliphatic heterocycles. The minimum Gasteiger partial charge on any atom is -0.306 e. The summed E-state index contributed by atoms with van der Waals surface area (Å²) in [5.41, 5.74) is 1.15. The van der Waals surface area contributed by atoms with Crippen LogP contribution in [-0.2, 0) is 0 Å². The molecular formula is C16H15BrF3N. The Kier molecular flexibility index (Phi) is 5.06.